The first-order chi connectivity index (χ1) is 8.11. The van der Waals surface area contributed by atoms with Crippen LogP contribution in [-0.2, 0) is 6.61 Å². The average Bonchev–Trinajstić information content (AvgIpc) is 2.33. The van der Waals surface area contributed by atoms with E-state index in [9.17, 15) is 5.11 Å². The molecule has 0 atom stereocenters. The number of hydrogen-bond donors (Lipinski definition) is 1. The summed E-state index contributed by atoms with van der Waals surface area (Å²) in [4.78, 5) is 4.30. The maximum Gasteiger partial charge on any atom is 0.0721 e. The minimum atomic E-state index is -0.0143. The number of hydrogen-bond acceptors (Lipinski definition) is 2. The van der Waals surface area contributed by atoms with E-state index in [2.05, 4.69) is 4.98 Å². The van der Waals surface area contributed by atoms with Crippen LogP contribution in [-0.4, -0.2) is 10.1 Å². The molecular formula is C13H11Cl2NO. The topological polar surface area (TPSA) is 33.1 Å². The Bertz CT molecular complexity index is 555. The van der Waals surface area contributed by atoms with Crippen molar-refractivity contribution in [3.8, 4) is 11.3 Å². The van der Waals surface area contributed by atoms with E-state index in [4.69, 9.17) is 23.2 Å². The lowest BCUT2D eigenvalue weighted by Gasteiger charge is -2.08. The molecule has 0 radical (unpaired) electrons. The van der Waals surface area contributed by atoms with Gasteiger partial charge in [0.25, 0.3) is 0 Å². The summed E-state index contributed by atoms with van der Waals surface area (Å²) >= 11 is 12.0. The molecule has 88 valence electrons. The molecule has 17 heavy (non-hydrogen) atoms. The second kappa shape index (κ2) is 5.05. The molecule has 0 aliphatic carbocycles. The van der Waals surface area contributed by atoms with E-state index in [1.807, 2.05) is 13.0 Å². The highest BCUT2D eigenvalue weighted by atomic mass is 35.5. The van der Waals surface area contributed by atoms with Gasteiger partial charge in [-0.1, -0.05) is 23.2 Å². The lowest BCUT2D eigenvalue weighted by molar-refractivity contribution is 0.281. The van der Waals surface area contributed by atoms with Crippen molar-refractivity contribution in [2.24, 2.45) is 0 Å². The Hall–Kier alpha value is -1.09. The van der Waals surface area contributed by atoms with Crippen LogP contribution in [0.1, 0.15) is 11.1 Å². The van der Waals surface area contributed by atoms with Crippen LogP contribution in [0.2, 0.25) is 10.0 Å². The number of aliphatic hydroxyl groups excluding tert-OH is 1. The van der Waals surface area contributed by atoms with Crippen LogP contribution in [0.4, 0.5) is 0 Å². The molecule has 0 bridgehead atoms. The number of aromatic nitrogens is 1. The van der Waals surface area contributed by atoms with Gasteiger partial charge in [0.15, 0.2) is 0 Å². The van der Waals surface area contributed by atoms with Crippen molar-refractivity contribution in [2.75, 3.05) is 0 Å². The lowest BCUT2D eigenvalue weighted by Crippen LogP contribution is -1.93. The number of rotatable bonds is 2. The van der Waals surface area contributed by atoms with Gasteiger partial charge in [0.05, 0.1) is 17.3 Å². The summed E-state index contributed by atoms with van der Waals surface area (Å²) in [5, 5.41) is 10.4. The van der Waals surface area contributed by atoms with Crippen molar-refractivity contribution >= 4 is 23.2 Å². The summed E-state index contributed by atoms with van der Waals surface area (Å²) in [5.74, 6) is 0. The Morgan fingerprint density at radius 1 is 1.24 bits per heavy atom. The molecule has 0 spiro atoms. The van der Waals surface area contributed by atoms with Crippen LogP contribution in [0.15, 0.2) is 30.5 Å². The second-order valence-electron chi connectivity index (χ2n) is 3.78. The molecule has 0 fully saturated rings. The summed E-state index contributed by atoms with van der Waals surface area (Å²) in [6.45, 7) is 1.89. The number of benzene rings is 1. The molecule has 0 aliphatic heterocycles. The van der Waals surface area contributed by atoms with Gasteiger partial charge in [-0.25, -0.2) is 0 Å². The first kappa shape index (κ1) is 12.4. The zero-order chi connectivity index (χ0) is 12.4. The third kappa shape index (κ3) is 2.60. The Balaban J connectivity index is 2.56. The Labute approximate surface area is 110 Å². The minimum absolute atomic E-state index is 0.0143. The number of aryl methyl sites for hydroxylation is 1. The van der Waals surface area contributed by atoms with E-state index in [0.29, 0.717) is 15.7 Å². The summed E-state index contributed by atoms with van der Waals surface area (Å²) in [6, 6.07) is 7.06. The summed E-state index contributed by atoms with van der Waals surface area (Å²) in [6.07, 6.45) is 1.72. The minimum Gasteiger partial charge on any atom is -0.392 e. The van der Waals surface area contributed by atoms with Crippen LogP contribution in [0.3, 0.4) is 0 Å². The Kier molecular flexibility index (Phi) is 3.67. The van der Waals surface area contributed by atoms with E-state index >= 15 is 0 Å². The van der Waals surface area contributed by atoms with Gasteiger partial charge in [0.1, 0.15) is 0 Å². The van der Waals surface area contributed by atoms with Gasteiger partial charge < -0.3 is 5.11 Å². The zero-order valence-corrected chi connectivity index (χ0v) is 10.8. The van der Waals surface area contributed by atoms with Gasteiger partial charge in [-0.15, -0.1) is 0 Å². The smallest absolute Gasteiger partial charge is 0.0721 e. The van der Waals surface area contributed by atoms with Gasteiger partial charge >= 0.3 is 0 Å². The van der Waals surface area contributed by atoms with Gasteiger partial charge in [-0.05, 0) is 42.3 Å². The molecular weight excluding hydrogens is 257 g/mol. The summed E-state index contributed by atoms with van der Waals surface area (Å²) in [7, 11) is 0. The van der Waals surface area contributed by atoms with E-state index < -0.39 is 0 Å². The number of aliphatic hydroxyl groups is 1. The highest BCUT2D eigenvalue weighted by Gasteiger charge is 2.08. The zero-order valence-electron chi connectivity index (χ0n) is 9.24. The van der Waals surface area contributed by atoms with Crippen molar-refractivity contribution in [2.45, 2.75) is 13.5 Å². The average molecular weight is 268 g/mol. The largest absolute Gasteiger partial charge is 0.392 e. The second-order valence-corrected chi connectivity index (χ2v) is 4.62. The Morgan fingerprint density at radius 3 is 2.71 bits per heavy atom. The molecule has 4 heteroatoms. The standard InChI is InChI=1S/C13H11Cl2NO/c1-8-6-16-13(4-9(8)7-17)11-5-10(14)2-3-12(11)15/h2-6,17H,7H2,1H3. The predicted octanol–water partition coefficient (Wildman–Crippen LogP) is 3.86. The van der Waals surface area contributed by atoms with E-state index in [1.54, 1.807) is 24.4 Å². The van der Waals surface area contributed by atoms with Gasteiger partial charge in [-0.2, -0.15) is 0 Å². The monoisotopic (exact) mass is 267 g/mol. The molecule has 1 N–H and O–H groups in total. The quantitative estimate of drug-likeness (QED) is 0.897. The van der Waals surface area contributed by atoms with Crippen molar-refractivity contribution in [3.63, 3.8) is 0 Å². The number of halogens is 2. The predicted molar refractivity (Wildman–Crippen MR) is 70.4 cm³/mol. The number of nitrogens with zero attached hydrogens (tertiary/aromatic N) is 1. The fraction of sp³-hybridized carbons (Fsp3) is 0.154. The molecule has 0 amide bonds. The molecule has 1 aromatic heterocycles. The van der Waals surface area contributed by atoms with E-state index in [1.165, 1.54) is 0 Å². The van der Waals surface area contributed by atoms with Crippen molar-refractivity contribution in [3.05, 3.63) is 51.6 Å². The van der Waals surface area contributed by atoms with Crippen LogP contribution < -0.4 is 0 Å². The highest BCUT2D eigenvalue weighted by molar-refractivity contribution is 6.35. The molecule has 2 nitrogen and oxygen atoms in total. The van der Waals surface area contributed by atoms with Crippen LogP contribution >= 0.6 is 23.2 Å². The maximum atomic E-state index is 9.23. The molecule has 1 aromatic carbocycles. The fourth-order valence-corrected chi connectivity index (χ4v) is 1.96. The molecule has 2 rings (SSSR count). The SMILES string of the molecule is Cc1cnc(-c2cc(Cl)ccc2Cl)cc1CO. The van der Waals surface area contributed by atoms with Crippen molar-refractivity contribution in [1.29, 1.82) is 0 Å². The Morgan fingerprint density at radius 2 is 2.00 bits per heavy atom. The van der Waals surface area contributed by atoms with E-state index in [-0.39, 0.29) is 6.61 Å². The normalized spacial score (nSPS) is 10.6. The third-order valence-electron chi connectivity index (χ3n) is 2.59. The van der Waals surface area contributed by atoms with Crippen LogP contribution in [0, 0.1) is 6.92 Å². The highest BCUT2D eigenvalue weighted by Crippen LogP contribution is 2.30. The lowest BCUT2D eigenvalue weighted by atomic mass is 10.1. The van der Waals surface area contributed by atoms with Crippen molar-refractivity contribution in [1.82, 2.24) is 4.98 Å². The molecule has 1 heterocycles. The van der Waals surface area contributed by atoms with Gasteiger partial charge in [0.2, 0.25) is 0 Å². The number of pyridine rings is 1. The molecule has 0 aliphatic rings. The molecule has 0 saturated heterocycles. The summed E-state index contributed by atoms with van der Waals surface area (Å²) in [5.41, 5.74) is 3.28. The summed E-state index contributed by atoms with van der Waals surface area (Å²) < 4.78 is 0. The fourth-order valence-electron chi connectivity index (χ4n) is 1.58. The van der Waals surface area contributed by atoms with Gasteiger partial charge in [-0.3, -0.25) is 4.98 Å². The van der Waals surface area contributed by atoms with Gasteiger partial charge in [0, 0.05) is 16.8 Å². The van der Waals surface area contributed by atoms with Crippen molar-refractivity contribution < 1.29 is 5.11 Å². The van der Waals surface area contributed by atoms with E-state index in [0.717, 1.165) is 16.7 Å². The first-order valence-corrected chi connectivity index (χ1v) is 5.89. The van der Waals surface area contributed by atoms with Crippen LogP contribution in [0.25, 0.3) is 11.3 Å². The maximum absolute atomic E-state index is 9.23. The molecule has 0 saturated carbocycles. The first-order valence-electron chi connectivity index (χ1n) is 5.13. The molecule has 2 aromatic rings. The third-order valence-corrected chi connectivity index (χ3v) is 3.15. The van der Waals surface area contributed by atoms with Crippen LogP contribution in [0.5, 0.6) is 0 Å². The molecule has 0 unspecified atom stereocenters.